The maximum Gasteiger partial charge on any atom is 0.220 e. The third kappa shape index (κ3) is 47.4. The highest BCUT2D eigenvalue weighted by atomic mass is 16.3. The highest BCUT2D eigenvalue weighted by Gasteiger charge is 2.17. The molecule has 3 N–H and O–H groups in total. The fourth-order valence-electron chi connectivity index (χ4n) is 8.17. The Kier molecular flexibility index (Phi) is 50.3. The van der Waals surface area contributed by atoms with E-state index in [4.69, 9.17) is 0 Å². The van der Waals surface area contributed by atoms with Gasteiger partial charge in [-0.3, -0.25) is 4.79 Å². The van der Waals surface area contributed by atoms with Gasteiger partial charge in [-0.05, 0) is 64.2 Å². The molecular formula is C56H105NO3. The molecule has 0 aromatic rings. The van der Waals surface area contributed by atoms with E-state index in [-0.39, 0.29) is 12.5 Å². The van der Waals surface area contributed by atoms with Crippen molar-refractivity contribution in [2.45, 2.75) is 296 Å². The number of carbonyl (C=O) groups excluding carboxylic acids is 1. The molecule has 0 bridgehead atoms. The molecule has 0 aromatic heterocycles. The fraction of sp³-hybridized carbons (Fsp3) is 0.839. The zero-order valence-electron chi connectivity index (χ0n) is 40.5. The first-order valence-electron chi connectivity index (χ1n) is 26.9. The molecule has 0 saturated carbocycles. The molecule has 0 spiro atoms. The lowest BCUT2D eigenvalue weighted by Gasteiger charge is -2.19. The summed E-state index contributed by atoms with van der Waals surface area (Å²) in [6.45, 7) is 4.30. The summed E-state index contributed by atoms with van der Waals surface area (Å²) in [4.78, 5) is 12.4. The molecule has 0 rings (SSSR count). The molecule has 0 aliphatic heterocycles. The Morgan fingerprint density at radius 2 is 0.700 bits per heavy atom. The molecule has 60 heavy (non-hydrogen) atoms. The Hall–Kier alpha value is -1.65. The topological polar surface area (TPSA) is 69.6 Å². The van der Waals surface area contributed by atoms with Crippen LogP contribution in [0.3, 0.4) is 0 Å². The summed E-state index contributed by atoms with van der Waals surface area (Å²) in [5, 5.41) is 23.1. The first-order chi connectivity index (χ1) is 29.7. The number of aliphatic hydroxyl groups excluding tert-OH is 2. The van der Waals surface area contributed by atoms with Gasteiger partial charge in [-0.1, -0.05) is 262 Å². The van der Waals surface area contributed by atoms with Crippen molar-refractivity contribution in [3.05, 3.63) is 48.6 Å². The van der Waals surface area contributed by atoms with Crippen LogP contribution in [0.5, 0.6) is 0 Å². The molecule has 0 aliphatic carbocycles. The molecule has 4 heteroatoms. The smallest absolute Gasteiger partial charge is 0.220 e. The molecule has 0 aromatic carbocycles. The summed E-state index contributed by atoms with van der Waals surface area (Å²) < 4.78 is 0. The van der Waals surface area contributed by atoms with Crippen molar-refractivity contribution in [1.29, 1.82) is 0 Å². The second-order valence-electron chi connectivity index (χ2n) is 18.3. The van der Waals surface area contributed by atoms with Crippen molar-refractivity contribution in [3.8, 4) is 0 Å². The minimum absolute atomic E-state index is 0.0803. The van der Waals surface area contributed by atoms with Gasteiger partial charge in [0.15, 0.2) is 0 Å². The number of aliphatic hydroxyl groups is 2. The molecule has 0 heterocycles. The lowest BCUT2D eigenvalue weighted by Crippen LogP contribution is -2.45. The zero-order valence-corrected chi connectivity index (χ0v) is 40.5. The predicted molar refractivity (Wildman–Crippen MR) is 267 cm³/mol. The number of hydrogen-bond acceptors (Lipinski definition) is 3. The minimum atomic E-state index is -0.867. The second-order valence-corrected chi connectivity index (χ2v) is 18.3. The fourth-order valence-corrected chi connectivity index (χ4v) is 8.17. The van der Waals surface area contributed by atoms with E-state index in [1.807, 2.05) is 6.08 Å². The van der Waals surface area contributed by atoms with Crippen LogP contribution in [0.1, 0.15) is 284 Å². The lowest BCUT2D eigenvalue weighted by molar-refractivity contribution is -0.123. The van der Waals surface area contributed by atoms with Crippen LogP contribution in [0.25, 0.3) is 0 Å². The third-order valence-corrected chi connectivity index (χ3v) is 12.3. The Labute approximate surface area is 375 Å². The number of nitrogens with one attached hydrogen (secondary N) is 1. The molecule has 0 aliphatic rings. The van der Waals surface area contributed by atoms with Gasteiger partial charge in [0, 0.05) is 6.42 Å². The van der Waals surface area contributed by atoms with E-state index in [0.29, 0.717) is 6.42 Å². The van der Waals surface area contributed by atoms with Gasteiger partial charge in [-0.2, -0.15) is 0 Å². The van der Waals surface area contributed by atoms with E-state index >= 15 is 0 Å². The number of carbonyl (C=O) groups is 1. The summed E-state index contributed by atoms with van der Waals surface area (Å²) in [5.41, 5.74) is 0. The van der Waals surface area contributed by atoms with Crippen molar-refractivity contribution >= 4 is 5.91 Å². The number of rotatable bonds is 49. The van der Waals surface area contributed by atoms with Crippen LogP contribution in [0.4, 0.5) is 0 Å². The summed E-state index contributed by atoms with van der Waals surface area (Å²) in [7, 11) is 0. The van der Waals surface area contributed by atoms with Crippen LogP contribution in [0.2, 0.25) is 0 Å². The van der Waals surface area contributed by atoms with Gasteiger partial charge in [0.1, 0.15) is 0 Å². The second kappa shape index (κ2) is 51.7. The number of allylic oxidation sites excluding steroid dienone is 7. The molecule has 1 amide bonds. The van der Waals surface area contributed by atoms with Crippen LogP contribution in [0, 0.1) is 0 Å². The third-order valence-electron chi connectivity index (χ3n) is 12.3. The van der Waals surface area contributed by atoms with E-state index in [1.165, 1.54) is 218 Å². The number of hydrogen-bond donors (Lipinski definition) is 3. The standard InChI is InChI=1S/C56H105NO3/c1-3-5-7-9-11-13-15-17-19-21-23-24-25-26-27-28-29-30-31-32-33-34-35-37-39-41-43-45-47-49-51-55(59)54(53-58)57-56(60)52-50-48-46-44-42-40-38-36-22-20-18-16-14-12-10-8-6-4-2/h14,16,20,22,41,43,49,51,54-55,58-59H,3-13,15,17-19,21,23-40,42,44-48,50,52-53H2,1-2H3,(H,57,60)/b16-14-,22-20-,43-41+,51-49+. The van der Waals surface area contributed by atoms with Gasteiger partial charge in [-0.15, -0.1) is 0 Å². The molecule has 2 unspecified atom stereocenters. The van der Waals surface area contributed by atoms with E-state index < -0.39 is 12.1 Å². The van der Waals surface area contributed by atoms with Crippen molar-refractivity contribution in [3.63, 3.8) is 0 Å². The van der Waals surface area contributed by atoms with Crippen LogP contribution in [-0.4, -0.2) is 34.9 Å². The lowest BCUT2D eigenvalue weighted by atomic mass is 10.0. The molecule has 2 atom stereocenters. The van der Waals surface area contributed by atoms with E-state index in [1.54, 1.807) is 6.08 Å². The predicted octanol–water partition coefficient (Wildman–Crippen LogP) is 17.5. The van der Waals surface area contributed by atoms with Crippen LogP contribution in [-0.2, 0) is 4.79 Å². The minimum Gasteiger partial charge on any atom is -0.394 e. The molecular weight excluding hydrogens is 735 g/mol. The van der Waals surface area contributed by atoms with Gasteiger partial charge >= 0.3 is 0 Å². The Morgan fingerprint density at radius 1 is 0.400 bits per heavy atom. The first kappa shape index (κ1) is 58.4. The van der Waals surface area contributed by atoms with Crippen LogP contribution >= 0.6 is 0 Å². The SMILES string of the molecule is CCCCCC/C=C\C/C=C\CCCCCCCCCC(=O)NC(CO)C(O)/C=C/CC/C=C/CCCCCCCCCCCCCCCCCCCCCCCCCC. The molecule has 4 nitrogen and oxygen atoms in total. The normalized spacial score (nSPS) is 13.2. The first-order valence-corrected chi connectivity index (χ1v) is 26.9. The maximum atomic E-state index is 12.4. The van der Waals surface area contributed by atoms with Gasteiger partial charge < -0.3 is 15.5 Å². The number of unbranched alkanes of at least 4 members (excludes halogenated alkanes) is 36. The van der Waals surface area contributed by atoms with Crippen molar-refractivity contribution < 1.29 is 15.0 Å². The molecule has 0 radical (unpaired) electrons. The van der Waals surface area contributed by atoms with Crippen molar-refractivity contribution in [2.24, 2.45) is 0 Å². The summed E-state index contributed by atoms with van der Waals surface area (Å²) >= 11 is 0. The van der Waals surface area contributed by atoms with E-state index in [2.05, 4.69) is 55.6 Å². The molecule has 0 fully saturated rings. The van der Waals surface area contributed by atoms with Crippen LogP contribution < -0.4 is 5.32 Å². The monoisotopic (exact) mass is 840 g/mol. The molecule has 0 saturated heterocycles. The van der Waals surface area contributed by atoms with Gasteiger partial charge in [0.05, 0.1) is 18.8 Å². The van der Waals surface area contributed by atoms with Crippen molar-refractivity contribution in [2.75, 3.05) is 6.61 Å². The van der Waals surface area contributed by atoms with Gasteiger partial charge in [0.2, 0.25) is 5.91 Å². The Balaban J connectivity index is 3.53. The average Bonchev–Trinajstić information content (AvgIpc) is 3.25. The summed E-state index contributed by atoms with van der Waals surface area (Å²) in [5.74, 6) is -0.0803. The maximum absolute atomic E-state index is 12.4. The van der Waals surface area contributed by atoms with E-state index in [0.717, 1.165) is 44.9 Å². The summed E-state index contributed by atoms with van der Waals surface area (Å²) in [6.07, 6.45) is 71.2. The molecule has 352 valence electrons. The van der Waals surface area contributed by atoms with Gasteiger partial charge in [-0.25, -0.2) is 0 Å². The Morgan fingerprint density at radius 3 is 1.08 bits per heavy atom. The zero-order chi connectivity index (χ0) is 43.5. The highest BCUT2D eigenvalue weighted by Crippen LogP contribution is 2.16. The number of amides is 1. The van der Waals surface area contributed by atoms with Crippen LogP contribution in [0.15, 0.2) is 48.6 Å². The Bertz CT molecular complexity index is 954. The van der Waals surface area contributed by atoms with E-state index in [9.17, 15) is 15.0 Å². The quantitative estimate of drug-likeness (QED) is 0.0422. The van der Waals surface area contributed by atoms with Gasteiger partial charge in [0.25, 0.3) is 0 Å². The highest BCUT2D eigenvalue weighted by molar-refractivity contribution is 5.76. The van der Waals surface area contributed by atoms with Crippen molar-refractivity contribution in [1.82, 2.24) is 5.32 Å². The largest absolute Gasteiger partial charge is 0.394 e. The summed E-state index contributed by atoms with van der Waals surface area (Å²) in [6, 6.07) is -0.645. The average molecular weight is 840 g/mol.